The van der Waals surface area contributed by atoms with Crippen LogP contribution in [-0.4, -0.2) is 47.0 Å². The zero-order chi connectivity index (χ0) is 21.1. The van der Waals surface area contributed by atoms with Crippen LogP contribution in [0.25, 0.3) is 17.0 Å². The molecule has 0 saturated carbocycles. The number of carbonyl (C=O) groups is 1. The maximum absolute atomic E-state index is 11.2. The monoisotopic (exact) mass is 421 g/mol. The summed E-state index contributed by atoms with van der Waals surface area (Å²) in [6.07, 6.45) is 5.16. The molecule has 0 amide bonds. The number of hydrogen-bond acceptors (Lipinski definition) is 5. The molecule has 0 atom stereocenters. The molecule has 0 unspecified atom stereocenters. The molecule has 5 nitrogen and oxygen atoms in total. The van der Waals surface area contributed by atoms with Crippen molar-refractivity contribution in [3.8, 4) is 5.75 Å². The molecule has 1 aliphatic heterocycles. The number of phenolic OH excluding ortho intramolecular Hbond substituents is 1. The molecule has 1 fully saturated rings. The second-order valence-electron chi connectivity index (χ2n) is 7.59. The van der Waals surface area contributed by atoms with Gasteiger partial charge < -0.3 is 10.0 Å². The molecule has 1 saturated heterocycles. The van der Waals surface area contributed by atoms with Crippen molar-refractivity contribution in [3.05, 3.63) is 70.9 Å². The van der Waals surface area contributed by atoms with Gasteiger partial charge in [0, 0.05) is 60.6 Å². The van der Waals surface area contributed by atoms with E-state index < -0.39 is 0 Å². The smallest absolute Gasteiger partial charge is 0.152 e. The van der Waals surface area contributed by atoms with Crippen molar-refractivity contribution in [1.29, 1.82) is 0 Å². The van der Waals surface area contributed by atoms with Crippen LogP contribution < -0.4 is 4.90 Å². The van der Waals surface area contributed by atoms with Gasteiger partial charge in [0.2, 0.25) is 0 Å². The van der Waals surface area contributed by atoms with E-state index in [1.165, 1.54) is 12.6 Å². The van der Waals surface area contributed by atoms with Crippen LogP contribution in [0.15, 0.2) is 54.7 Å². The molecule has 0 aliphatic carbocycles. The maximum atomic E-state index is 11.2. The molecule has 1 N–H and O–H groups in total. The van der Waals surface area contributed by atoms with Crippen molar-refractivity contribution in [3.63, 3.8) is 0 Å². The summed E-state index contributed by atoms with van der Waals surface area (Å²) in [4.78, 5) is 20.3. The summed E-state index contributed by atoms with van der Waals surface area (Å²) < 4.78 is 0. The average molecular weight is 422 g/mol. The Hall–Kier alpha value is -2.89. The third-order valence-electron chi connectivity index (χ3n) is 5.40. The summed E-state index contributed by atoms with van der Waals surface area (Å²) >= 11 is 6.11. The Morgan fingerprint density at radius 3 is 2.70 bits per heavy atom. The third-order valence-corrected chi connectivity index (χ3v) is 5.64. The van der Waals surface area contributed by atoms with Crippen molar-refractivity contribution < 1.29 is 9.90 Å². The molecule has 0 bridgehead atoms. The first-order valence-corrected chi connectivity index (χ1v) is 10.4. The lowest BCUT2D eigenvalue weighted by Crippen LogP contribution is -2.46. The van der Waals surface area contributed by atoms with Crippen LogP contribution in [0.5, 0.6) is 5.75 Å². The third kappa shape index (κ3) is 4.64. The van der Waals surface area contributed by atoms with Crippen molar-refractivity contribution in [2.24, 2.45) is 0 Å². The molecule has 4 rings (SSSR count). The summed E-state index contributed by atoms with van der Waals surface area (Å²) in [5.74, 6) is 0.293. The molecule has 30 heavy (non-hydrogen) atoms. The Morgan fingerprint density at radius 2 is 1.93 bits per heavy atom. The number of piperazine rings is 1. The van der Waals surface area contributed by atoms with Gasteiger partial charge in [-0.05, 0) is 55.0 Å². The number of carbonyl (C=O) groups excluding carboxylic acids is 1. The Balaban J connectivity index is 1.45. The highest BCUT2D eigenvalue weighted by molar-refractivity contribution is 6.31. The van der Waals surface area contributed by atoms with E-state index in [0.717, 1.165) is 48.2 Å². The number of allylic oxidation sites excluding steroid dienone is 1. The van der Waals surface area contributed by atoms with Crippen LogP contribution >= 0.6 is 11.6 Å². The SMILES string of the molecule is CC(=O)/C=C/c1ccc(O)c(CN2CCN(c3ccnc4cc(Cl)ccc34)CC2)c1. The van der Waals surface area contributed by atoms with E-state index in [1.54, 1.807) is 18.2 Å². The zero-order valence-corrected chi connectivity index (χ0v) is 17.6. The molecule has 1 aliphatic rings. The topological polar surface area (TPSA) is 56.7 Å². The Bertz CT molecular complexity index is 1100. The summed E-state index contributed by atoms with van der Waals surface area (Å²) in [5.41, 5.74) is 3.87. The van der Waals surface area contributed by atoms with Crippen molar-refractivity contribution in [2.75, 3.05) is 31.1 Å². The van der Waals surface area contributed by atoms with Gasteiger partial charge in [-0.1, -0.05) is 23.7 Å². The number of hydrogen-bond donors (Lipinski definition) is 1. The Morgan fingerprint density at radius 1 is 1.13 bits per heavy atom. The fraction of sp³-hybridized carbons (Fsp3) is 0.250. The van der Waals surface area contributed by atoms with Gasteiger partial charge in [0.15, 0.2) is 5.78 Å². The van der Waals surface area contributed by atoms with Crippen LogP contribution in [0.1, 0.15) is 18.1 Å². The number of anilines is 1. The van der Waals surface area contributed by atoms with Gasteiger partial charge in [0.1, 0.15) is 5.75 Å². The quantitative estimate of drug-likeness (QED) is 0.614. The van der Waals surface area contributed by atoms with Gasteiger partial charge in [-0.25, -0.2) is 0 Å². The lowest BCUT2D eigenvalue weighted by atomic mass is 10.1. The average Bonchev–Trinajstić information content (AvgIpc) is 2.74. The fourth-order valence-electron chi connectivity index (χ4n) is 3.82. The van der Waals surface area contributed by atoms with E-state index in [9.17, 15) is 9.90 Å². The van der Waals surface area contributed by atoms with Crippen molar-refractivity contribution >= 4 is 40.1 Å². The van der Waals surface area contributed by atoms with Gasteiger partial charge in [-0.2, -0.15) is 0 Å². The van der Waals surface area contributed by atoms with Gasteiger partial charge in [-0.15, -0.1) is 0 Å². The van der Waals surface area contributed by atoms with Crippen molar-refractivity contribution in [1.82, 2.24) is 9.88 Å². The van der Waals surface area contributed by atoms with Crippen LogP contribution in [0.3, 0.4) is 0 Å². The lowest BCUT2D eigenvalue weighted by molar-refractivity contribution is -0.112. The molecule has 2 heterocycles. The largest absolute Gasteiger partial charge is 0.508 e. The predicted molar refractivity (Wildman–Crippen MR) is 122 cm³/mol. The number of ketones is 1. The number of fused-ring (bicyclic) bond motifs is 1. The number of nitrogens with zero attached hydrogens (tertiary/aromatic N) is 3. The highest BCUT2D eigenvalue weighted by Gasteiger charge is 2.20. The number of rotatable bonds is 5. The molecule has 2 aromatic carbocycles. The zero-order valence-electron chi connectivity index (χ0n) is 16.9. The standard InChI is InChI=1S/C24H24ClN3O2/c1-17(29)2-3-18-4-7-24(30)19(14-18)16-27-10-12-28(13-11-27)23-8-9-26-22-15-20(25)5-6-21(22)23/h2-9,14-15,30H,10-13,16H2,1H3/b3-2+. The minimum Gasteiger partial charge on any atom is -0.508 e. The van der Waals surface area contributed by atoms with Crippen LogP contribution in [-0.2, 0) is 11.3 Å². The first kappa shape index (κ1) is 20.4. The minimum absolute atomic E-state index is 0.00616. The number of aromatic nitrogens is 1. The van der Waals surface area contributed by atoms with Gasteiger partial charge >= 0.3 is 0 Å². The van der Waals surface area contributed by atoms with E-state index in [2.05, 4.69) is 20.9 Å². The highest BCUT2D eigenvalue weighted by atomic mass is 35.5. The number of benzene rings is 2. The summed E-state index contributed by atoms with van der Waals surface area (Å²) in [6.45, 7) is 5.78. The summed E-state index contributed by atoms with van der Waals surface area (Å²) in [7, 11) is 0. The fourth-order valence-corrected chi connectivity index (χ4v) is 3.99. The second-order valence-corrected chi connectivity index (χ2v) is 8.02. The van der Waals surface area contributed by atoms with E-state index in [1.807, 2.05) is 36.5 Å². The molecule has 6 heteroatoms. The molecule has 0 radical (unpaired) electrons. The van der Waals surface area contributed by atoms with Crippen molar-refractivity contribution in [2.45, 2.75) is 13.5 Å². The Labute approximate surface area is 181 Å². The van der Waals surface area contributed by atoms with Gasteiger partial charge in [0.25, 0.3) is 0 Å². The first-order valence-electron chi connectivity index (χ1n) is 10.0. The number of aromatic hydroxyl groups is 1. The number of halogens is 1. The van der Waals surface area contributed by atoms with E-state index in [-0.39, 0.29) is 11.5 Å². The van der Waals surface area contributed by atoms with E-state index in [4.69, 9.17) is 11.6 Å². The second kappa shape index (κ2) is 8.86. The molecule has 3 aromatic rings. The molecular weight excluding hydrogens is 398 g/mol. The minimum atomic E-state index is 0.00616. The molecule has 154 valence electrons. The van der Waals surface area contributed by atoms with Crippen LogP contribution in [0, 0.1) is 0 Å². The summed E-state index contributed by atoms with van der Waals surface area (Å²) in [5, 5.41) is 12.1. The van der Waals surface area contributed by atoms with E-state index >= 15 is 0 Å². The maximum Gasteiger partial charge on any atom is 0.152 e. The van der Waals surface area contributed by atoms with Gasteiger partial charge in [-0.3, -0.25) is 14.7 Å². The van der Waals surface area contributed by atoms with Crippen LogP contribution in [0.2, 0.25) is 5.02 Å². The van der Waals surface area contributed by atoms with E-state index in [0.29, 0.717) is 11.6 Å². The molecule has 0 spiro atoms. The van der Waals surface area contributed by atoms with Gasteiger partial charge in [0.05, 0.1) is 5.52 Å². The number of phenols is 1. The normalized spacial score (nSPS) is 15.2. The lowest BCUT2D eigenvalue weighted by Gasteiger charge is -2.36. The molecular formula is C24H24ClN3O2. The van der Waals surface area contributed by atoms with Crippen LogP contribution in [0.4, 0.5) is 5.69 Å². The molecule has 1 aromatic heterocycles. The summed E-state index contributed by atoms with van der Waals surface area (Å²) in [6, 6.07) is 13.3. The Kier molecular flexibility index (Phi) is 6.02. The predicted octanol–water partition coefficient (Wildman–Crippen LogP) is 4.52. The number of pyridine rings is 1. The first-order chi connectivity index (χ1) is 14.5. The highest BCUT2D eigenvalue weighted by Crippen LogP contribution is 2.29.